The van der Waals surface area contributed by atoms with E-state index in [4.69, 9.17) is 9.52 Å². The van der Waals surface area contributed by atoms with E-state index in [-0.39, 0.29) is 5.69 Å². The van der Waals surface area contributed by atoms with Crippen molar-refractivity contribution >= 4 is 17.1 Å². The first kappa shape index (κ1) is 10.5. The van der Waals surface area contributed by atoms with E-state index in [1.807, 2.05) is 12.1 Å². The summed E-state index contributed by atoms with van der Waals surface area (Å²) >= 11 is 0. The summed E-state index contributed by atoms with van der Waals surface area (Å²) in [7, 11) is 1.70. The summed E-state index contributed by atoms with van der Waals surface area (Å²) in [4.78, 5) is 15.0. The van der Waals surface area contributed by atoms with Crippen molar-refractivity contribution in [2.45, 2.75) is 0 Å². The minimum Gasteiger partial charge on any atom is -0.476 e. The maximum absolute atomic E-state index is 10.9. The Kier molecular flexibility index (Phi) is 2.16. The normalized spacial score (nSPS) is 10.9. The fourth-order valence-corrected chi connectivity index (χ4v) is 1.92. The van der Waals surface area contributed by atoms with Crippen LogP contribution in [0.1, 0.15) is 10.5 Å². The lowest BCUT2D eigenvalue weighted by Crippen LogP contribution is -1.99. The maximum atomic E-state index is 10.9. The zero-order valence-electron chi connectivity index (χ0n) is 9.49. The summed E-state index contributed by atoms with van der Waals surface area (Å²) in [6.07, 6.45) is 1.36. The molecule has 2 heterocycles. The third-order valence-electron chi connectivity index (χ3n) is 2.74. The molecule has 0 bridgehead atoms. The molecule has 2 aromatic heterocycles. The number of carboxylic acids is 1. The highest BCUT2D eigenvalue weighted by Gasteiger charge is 2.15. The van der Waals surface area contributed by atoms with Gasteiger partial charge < -0.3 is 9.52 Å². The average molecular weight is 243 g/mol. The van der Waals surface area contributed by atoms with Crippen molar-refractivity contribution < 1.29 is 14.3 Å². The van der Waals surface area contributed by atoms with Crippen molar-refractivity contribution in [3.05, 3.63) is 36.4 Å². The number of aromatic nitrogens is 3. The van der Waals surface area contributed by atoms with Crippen LogP contribution < -0.4 is 0 Å². The van der Waals surface area contributed by atoms with Crippen LogP contribution >= 0.6 is 0 Å². The summed E-state index contributed by atoms with van der Waals surface area (Å²) in [6, 6.07) is 7.01. The van der Waals surface area contributed by atoms with Crippen LogP contribution in [0.4, 0.5) is 0 Å². The van der Waals surface area contributed by atoms with Crippen LogP contribution in [0.5, 0.6) is 0 Å². The molecule has 0 aliphatic rings. The van der Waals surface area contributed by atoms with Gasteiger partial charge in [0.15, 0.2) is 17.7 Å². The van der Waals surface area contributed by atoms with Gasteiger partial charge in [-0.05, 0) is 12.1 Å². The number of rotatable bonds is 2. The Hall–Kier alpha value is -2.63. The number of aromatic carboxylic acids is 1. The first-order chi connectivity index (χ1) is 8.66. The standard InChI is InChI=1S/C12H9N3O3/c1-15-9(5-8(14-15)12(16)17)7-3-2-4-10-11(7)13-6-18-10/h2-6H,1H3,(H,16,17). The summed E-state index contributed by atoms with van der Waals surface area (Å²) in [5.41, 5.74) is 2.84. The fraction of sp³-hybridized carbons (Fsp3) is 0.0833. The topological polar surface area (TPSA) is 81.2 Å². The van der Waals surface area contributed by atoms with Crippen molar-refractivity contribution in [3.63, 3.8) is 0 Å². The first-order valence-corrected chi connectivity index (χ1v) is 5.27. The molecule has 18 heavy (non-hydrogen) atoms. The van der Waals surface area contributed by atoms with Crippen LogP contribution in [0.2, 0.25) is 0 Å². The van der Waals surface area contributed by atoms with Crippen molar-refractivity contribution in [1.29, 1.82) is 0 Å². The molecule has 1 aromatic carbocycles. The third kappa shape index (κ3) is 1.46. The van der Waals surface area contributed by atoms with Crippen molar-refractivity contribution in [2.24, 2.45) is 7.05 Å². The molecule has 0 radical (unpaired) electrons. The molecule has 0 unspecified atom stereocenters. The molecule has 6 heteroatoms. The lowest BCUT2D eigenvalue weighted by atomic mass is 10.1. The Morgan fingerprint density at radius 2 is 2.28 bits per heavy atom. The zero-order chi connectivity index (χ0) is 12.7. The van der Waals surface area contributed by atoms with Crippen LogP contribution in [0.15, 0.2) is 35.1 Å². The summed E-state index contributed by atoms with van der Waals surface area (Å²) in [5.74, 6) is -1.05. The predicted molar refractivity (Wildman–Crippen MR) is 63.2 cm³/mol. The van der Waals surface area contributed by atoms with Gasteiger partial charge in [-0.25, -0.2) is 9.78 Å². The molecule has 0 fully saturated rings. The number of nitrogens with zero attached hydrogens (tertiary/aromatic N) is 3. The van der Waals surface area contributed by atoms with E-state index in [2.05, 4.69) is 10.1 Å². The molecular formula is C12H9N3O3. The van der Waals surface area contributed by atoms with E-state index in [1.54, 1.807) is 13.1 Å². The monoisotopic (exact) mass is 243 g/mol. The van der Waals surface area contributed by atoms with Crippen LogP contribution in [0, 0.1) is 0 Å². The van der Waals surface area contributed by atoms with Crippen molar-refractivity contribution in [1.82, 2.24) is 14.8 Å². The van der Waals surface area contributed by atoms with Gasteiger partial charge in [-0.15, -0.1) is 0 Å². The Balaban J connectivity index is 2.26. The summed E-state index contributed by atoms with van der Waals surface area (Å²) in [5, 5.41) is 12.9. The van der Waals surface area contributed by atoms with Crippen molar-refractivity contribution in [3.8, 4) is 11.3 Å². The molecule has 0 aliphatic heterocycles. The number of para-hydroxylation sites is 1. The number of oxazole rings is 1. The minimum atomic E-state index is -1.05. The van der Waals surface area contributed by atoms with Crippen LogP contribution in [-0.4, -0.2) is 25.8 Å². The van der Waals surface area contributed by atoms with Gasteiger partial charge in [0.1, 0.15) is 5.52 Å². The highest BCUT2D eigenvalue weighted by atomic mass is 16.4. The number of hydrogen-bond donors (Lipinski definition) is 1. The minimum absolute atomic E-state index is 0.00741. The Morgan fingerprint density at radius 3 is 3.00 bits per heavy atom. The van der Waals surface area contributed by atoms with Crippen LogP contribution in [0.25, 0.3) is 22.4 Å². The summed E-state index contributed by atoms with van der Waals surface area (Å²) < 4.78 is 6.74. The van der Waals surface area contributed by atoms with E-state index in [0.29, 0.717) is 16.8 Å². The second kappa shape index (κ2) is 3.69. The number of benzene rings is 1. The smallest absolute Gasteiger partial charge is 0.356 e. The Labute approximate surface area is 101 Å². The second-order valence-electron chi connectivity index (χ2n) is 3.85. The lowest BCUT2D eigenvalue weighted by molar-refractivity contribution is 0.0689. The Morgan fingerprint density at radius 1 is 1.44 bits per heavy atom. The second-order valence-corrected chi connectivity index (χ2v) is 3.85. The highest BCUT2D eigenvalue weighted by molar-refractivity contribution is 5.92. The fourth-order valence-electron chi connectivity index (χ4n) is 1.92. The van der Waals surface area contributed by atoms with Gasteiger partial charge in [-0.2, -0.15) is 5.10 Å². The Bertz CT molecular complexity index is 742. The van der Waals surface area contributed by atoms with E-state index >= 15 is 0 Å². The van der Waals surface area contributed by atoms with Gasteiger partial charge in [0.2, 0.25) is 0 Å². The lowest BCUT2D eigenvalue weighted by Gasteiger charge is -2.01. The van der Waals surface area contributed by atoms with Crippen molar-refractivity contribution in [2.75, 3.05) is 0 Å². The van der Waals surface area contributed by atoms with Crippen LogP contribution in [-0.2, 0) is 7.05 Å². The zero-order valence-corrected chi connectivity index (χ0v) is 9.49. The molecule has 0 saturated heterocycles. The molecule has 0 aliphatic carbocycles. The van der Waals surface area contributed by atoms with Gasteiger partial charge in [-0.1, -0.05) is 12.1 Å². The highest BCUT2D eigenvalue weighted by Crippen LogP contribution is 2.27. The van der Waals surface area contributed by atoms with Gasteiger partial charge in [-0.3, -0.25) is 4.68 Å². The number of aryl methyl sites for hydroxylation is 1. The molecular weight excluding hydrogens is 234 g/mol. The van der Waals surface area contributed by atoms with E-state index in [0.717, 1.165) is 5.56 Å². The molecule has 1 N–H and O–H groups in total. The summed E-state index contributed by atoms with van der Waals surface area (Å²) in [6.45, 7) is 0. The van der Waals surface area contributed by atoms with Gasteiger partial charge in [0.05, 0.1) is 5.69 Å². The average Bonchev–Trinajstić information content (AvgIpc) is 2.94. The third-order valence-corrected chi connectivity index (χ3v) is 2.74. The molecule has 0 saturated carbocycles. The molecule has 3 rings (SSSR count). The number of carbonyl (C=O) groups is 1. The molecule has 3 aromatic rings. The molecule has 0 atom stereocenters. The van der Waals surface area contributed by atoms with Gasteiger partial charge in [0.25, 0.3) is 0 Å². The molecule has 90 valence electrons. The first-order valence-electron chi connectivity index (χ1n) is 5.27. The largest absolute Gasteiger partial charge is 0.476 e. The van der Waals surface area contributed by atoms with E-state index in [9.17, 15) is 4.79 Å². The predicted octanol–water partition coefficient (Wildman–Crippen LogP) is 1.93. The number of hydrogen-bond acceptors (Lipinski definition) is 4. The van der Waals surface area contributed by atoms with Gasteiger partial charge >= 0.3 is 5.97 Å². The quantitative estimate of drug-likeness (QED) is 0.743. The molecule has 6 nitrogen and oxygen atoms in total. The SMILES string of the molecule is Cn1nc(C(=O)O)cc1-c1cccc2ocnc12. The molecule has 0 spiro atoms. The van der Waals surface area contributed by atoms with E-state index < -0.39 is 5.97 Å². The molecule has 0 amide bonds. The maximum Gasteiger partial charge on any atom is 0.356 e. The number of fused-ring (bicyclic) bond motifs is 1. The van der Waals surface area contributed by atoms with E-state index in [1.165, 1.54) is 17.1 Å². The number of carboxylic acid groups (broad SMARTS) is 1. The van der Waals surface area contributed by atoms with Crippen LogP contribution in [0.3, 0.4) is 0 Å². The van der Waals surface area contributed by atoms with Gasteiger partial charge in [0, 0.05) is 12.6 Å².